The van der Waals surface area contributed by atoms with Crippen molar-refractivity contribution >= 4 is 5.97 Å². The molecule has 3 nitrogen and oxygen atoms in total. The van der Waals surface area contributed by atoms with E-state index in [9.17, 15) is 18.7 Å². The average Bonchev–Trinajstić information content (AvgIpc) is 2.50. The minimum absolute atomic E-state index is 0.509. The predicted octanol–water partition coefficient (Wildman–Crippen LogP) is 2.54. The molecule has 0 N–H and O–H groups in total. The molecule has 0 saturated heterocycles. The van der Waals surface area contributed by atoms with Crippen LogP contribution in [0.2, 0.25) is 0 Å². The quantitative estimate of drug-likeness (QED) is 0.818. The Bertz CT molecular complexity index is 787. The van der Waals surface area contributed by atoms with Crippen LogP contribution in [0.25, 0.3) is 0 Å². The molecule has 2 aromatic rings. The van der Waals surface area contributed by atoms with Gasteiger partial charge in [0.2, 0.25) is 5.82 Å². The second kappa shape index (κ2) is 6.49. The van der Waals surface area contributed by atoms with Crippen molar-refractivity contribution in [1.29, 1.82) is 0 Å². The molecule has 0 unspecified atom stereocenters. The first-order valence-corrected chi connectivity index (χ1v) is 6.76. The number of aromatic carboxylic acids is 1. The van der Waals surface area contributed by atoms with E-state index in [4.69, 9.17) is 4.74 Å². The maximum absolute atomic E-state index is 13.8. The predicted molar refractivity (Wildman–Crippen MR) is 78.7 cm³/mol. The number of carboxylic acid groups (broad SMARTS) is 1. The van der Waals surface area contributed by atoms with Gasteiger partial charge in [0.05, 0.1) is 5.97 Å². The summed E-state index contributed by atoms with van der Waals surface area (Å²) in [5, 5.41) is 10.8. The van der Waals surface area contributed by atoms with Gasteiger partial charge in [0.25, 0.3) is 0 Å². The third-order valence-electron chi connectivity index (χ3n) is 2.88. The SMILES string of the molecule is CC(C)(C#Cc1ccccc1)Oc1cc(C(=O)[O-])cc(F)c1F. The number of hydrogen-bond donors (Lipinski definition) is 0. The Hall–Kier alpha value is -2.87. The lowest BCUT2D eigenvalue weighted by molar-refractivity contribution is -0.255. The van der Waals surface area contributed by atoms with Crippen LogP contribution in [-0.2, 0) is 0 Å². The highest BCUT2D eigenvalue weighted by atomic mass is 19.2. The van der Waals surface area contributed by atoms with Crippen molar-refractivity contribution in [2.45, 2.75) is 19.4 Å². The normalized spacial score (nSPS) is 10.6. The van der Waals surface area contributed by atoms with Crippen molar-refractivity contribution in [1.82, 2.24) is 0 Å². The number of benzene rings is 2. The fraction of sp³-hybridized carbons (Fsp3) is 0.167. The van der Waals surface area contributed by atoms with E-state index >= 15 is 0 Å². The average molecular weight is 315 g/mol. The van der Waals surface area contributed by atoms with Crippen molar-refractivity contribution in [3.8, 4) is 17.6 Å². The Labute approximate surface area is 132 Å². The first kappa shape index (κ1) is 16.5. The molecule has 0 aromatic heterocycles. The van der Waals surface area contributed by atoms with Gasteiger partial charge < -0.3 is 14.6 Å². The van der Waals surface area contributed by atoms with Crippen molar-refractivity contribution < 1.29 is 23.4 Å². The highest BCUT2D eigenvalue weighted by Crippen LogP contribution is 2.26. The molecule has 0 amide bonds. The van der Waals surface area contributed by atoms with Crippen molar-refractivity contribution in [3.05, 3.63) is 65.2 Å². The van der Waals surface area contributed by atoms with Gasteiger partial charge in [-0.15, -0.1) is 0 Å². The minimum atomic E-state index is -1.62. The zero-order valence-electron chi connectivity index (χ0n) is 12.5. The van der Waals surface area contributed by atoms with E-state index in [0.29, 0.717) is 6.07 Å². The van der Waals surface area contributed by atoms with Crippen LogP contribution in [0, 0.1) is 23.5 Å². The standard InChI is InChI=1S/C18H14F2O3/c1-18(2,9-8-12-6-4-3-5-7-12)23-15-11-13(17(21)22)10-14(19)16(15)20/h3-7,10-11H,1-2H3,(H,21,22)/p-1. The van der Waals surface area contributed by atoms with Crippen LogP contribution in [0.3, 0.4) is 0 Å². The number of carbonyl (C=O) groups excluding carboxylic acids is 1. The molecule has 0 bridgehead atoms. The lowest BCUT2D eigenvalue weighted by Crippen LogP contribution is -2.27. The van der Waals surface area contributed by atoms with Gasteiger partial charge in [0.1, 0.15) is 0 Å². The molecule has 5 heteroatoms. The topological polar surface area (TPSA) is 49.4 Å². The second-order valence-corrected chi connectivity index (χ2v) is 5.29. The third kappa shape index (κ3) is 4.30. The summed E-state index contributed by atoms with van der Waals surface area (Å²) < 4.78 is 32.6. The highest BCUT2D eigenvalue weighted by molar-refractivity contribution is 5.86. The first-order valence-electron chi connectivity index (χ1n) is 6.76. The minimum Gasteiger partial charge on any atom is -0.545 e. The number of carboxylic acids is 1. The molecule has 0 spiro atoms. The van der Waals surface area contributed by atoms with E-state index in [1.54, 1.807) is 26.0 Å². The number of ether oxygens (including phenoxy) is 1. The van der Waals surface area contributed by atoms with Crippen LogP contribution in [-0.4, -0.2) is 11.6 Å². The van der Waals surface area contributed by atoms with Crippen molar-refractivity contribution in [3.63, 3.8) is 0 Å². The van der Waals surface area contributed by atoms with Gasteiger partial charge in [-0.2, -0.15) is 4.39 Å². The zero-order chi connectivity index (χ0) is 17.0. The molecule has 0 atom stereocenters. The summed E-state index contributed by atoms with van der Waals surface area (Å²) >= 11 is 0. The van der Waals surface area contributed by atoms with Gasteiger partial charge in [-0.05, 0) is 38.1 Å². The smallest absolute Gasteiger partial charge is 0.200 e. The Balaban J connectivity index is 2.30. The largest absolute Gasteiger partial charge is 0.545 e. The van der Waals surface area contributed by atoms with E-state index in [-0.39, 0.29) is 0 Å². The Kier molecular flexibility index (Phi) is 4.65. The maximum Gasteiger partial charge on any atom is 0.200 e. The van der Waals surface area contributed by atoms with Crippen LogP contribution >= 0.6 is 0 Å². The lowest BCUT2D eigenvalue weighted by Gasteiger charge is -2.21. The Morgan fingerprint density at radius 3 is 2.43 bits per heavy atom. The summed E-state index contributed by atoms with van der Waals surface area (Å²) in [6.07, 6.45) is 0. The molecule has 0 aliphatic heterocycles. The Morgan fingerprint density at radius 2 is 1.83 bits per heavy atom. The van der Waals surface area contributed by atoms with Crippen LogP contribution in [0.5, 0.6) is 5.75 Å². The number of rotatable bonds is 3. The third-order valence-corrected chi connectivity index (χ3v) is 2.88. The fourth-order valence-corrected chi connectivity index (χ4v) is 1.80. The van der Waals surface area contributed by atoms with Gasteiger partial charge in [0.15, 0.2) is 17.2 Å². The van der Waals surface area contributed by atoms with Crippen LogP contribution in [0.1, 0.15) is 29.8 Å². The summed E-state index contributed by atoms with van der Waals surface area (Å²) in [6.45, 7) is 3.12. The van der Waals surface area contributed by atoms with Crippen LogP contribution < -0.4 is 9.84 Å². The van der Waals surface area contributed by atoms with Crippen LogP contribution in [0.4, 0.5) is 8.78 Å². The first-order chi connectivity index (χ1) is 10.8. The van der Waals surface area contributed by atoms with E-state index in [1.807, 2.05) is 18.2 Å². The highest BCUT2D eigenvalue weighted by Gasteiger charge is 2.21. The molecule has 0 aliphatic rings. The molecule has 0 saturated carbocycles. The fourth-order valence-electron chi connectivity index (χ4n) is 1.80. The zero-order valence-corrected chi connectivity index (χ0v) is 12.5. The van der Waals surface area contributed by atoms with Gasteiger partial charge in [0, 0.05) is 11.1 Å². The molecule has 0 radical (unpaired) electrons. The van der Waals surface area contributed by atoms with Gasteiger partial charge in [-0.3, -0.25) is 0 Å². The number of halogens is 2. The van der Waals surface area contributed by atoms with E-state index in [0.717, 1.165) is 11.6 Å². The van der Waals surface area contributed by atoms with Crippen molar-refractivity contribution in [2.24, 2.45) is 0 Å². The summed E-state index contributed by atoms with van der Waals surface area (Å²) in [4.78, 5) is 10.8. The maximum atomic E-state index is 13.8. The molecule has 2 rings (SSSR count). The van der Waals surface area contributed by atoms with E-state index in [2.05, 4.69) is 11.8 Å². The van der Waals surface area contributed by atoms with Crippen LogP contribution in [0.15, 0.2) is 42.5 Å². The molecule has 23 heavy (non-hydrogen) atoms. The summed E-state index contributed by atoms with van der Waals surface area (Å²) in [7, 11) is 0. The molecule has 0 fully saturated rings. The van der Waals surface area contributed by atoms with Gasteiger partial charge >= 0.3 is 0 Å². The van der Waals surface area contributed by atoms with Gasteiger partial charge in [-0.1, -0.05) is 30.0 Å². The molecule has 2 aromatic carbocycles. The van der Waals surface area contributed by atoms with Crippen molar-refractivity contribution in [2.75, 3.05) is 0 Å². The summed E-state index contributed by atoms with van der Waals surface area (Å²) in [6, 6.07) is 10.5. The Morgan fingerprint density at radius 1 is 1.17 bits per heavy atom. The number of carbonyl (C=O) groups is 1. The summed E-state index contributed by atoms with van der Waals surface area (Å²) in [5.74, 6) is 0.898. The molecule has 118 valence electrons. The second-order valence-electron chi connectivity index (χ2n) is 5.29. The number of hydrogen-bond acceptors (Lipinski definition) is 3. The van der Waals surface area contributed by atoms with E-state index in [1.165, 1.54) is 0 Å². The molecular formula is C18H13F2O3-. The summed E-state index contributed by atoms with van der Waals surface area (Å²) in [5.41, 5.74) is -0.932. The van der Waals surface area contributed by atoms with E-state index < -0.39 is 34.5 Å². The molecule has 0 heterocycles. The van der Waals surface area contributed by atoms with Gasteiger partial charge in [-0.25, -0.2) is 4.39 Å². The lowest BCUT2D eigenvalue weighted by atomic mass is 10.1. The molecular weight excluding hydrogens is 302 g/mol. The molecule has 0 aliphatic carbocycles. The monoisotopic (exact) mass is 315 g/mol.